The summed E-state index contributed by atoms with van der Waals surface area (Å²) < 4.78 is 0. The summed E-state index contributed by atoms with van der Waals surface area (Å²) in [7, 11) is 0. The van der Waals surface area contributed by atoms with Gasteiger partial charge in [0.2, 0.25) is 5.91 Å². The first kappa shape index (κ1) is 7.10. The minimum absolute atomic E-state index is 0.0544. The summed E-state index contributed by atoms with van der Waals surface area (Å²) in [6.45, 7) is 4.35. The zero-order valence-corrected chi connectivity index (χ0v) is 7.00. The Morgan fingerprint density at radius 3 is 2.55 bits per heavy atom. The highest BCUT2D eigenvalue weighted by atomic mass is 16.2. The third-order valence-electron chi connectivity index (χ3n) is 2.97. The first-order valence-electron chi connectivity index (χ1n) is 4.12. The molecule has 0 spiro atoms. The van der Waals surface area contributed by atoms with E-state index >= 15 is 0 Å². The predicted molar refractivity (Wildman–Crippen MR) is 41.9 cm³/mol. The van der Waals surface area contributed by atoms with Gasteiger partial charge in [0.05, 0.1) is 0 Å². The van der Waals surface area contributed by atoms with Gasteiger partial charge >= 0.3 is 0 Å². The largest absolute Gasteiger partial charge is 0.368 e. The summed E-state index contributed by atoms with van der Waals surface area (Å²) >= 11 is 0. The molecule has 0 radical (unpaired) electrons. The molecular weight excluding hydrogens is 140 g/mol. The SMILES string of the molecule is CC1(C)CC[C@H]2[C@H](C(N)=O)N21. The molecule has 0 aromatic rings. The highest BCUT2D eigenvalue weighted by Gasteiger charge is 2.61. The van der Waals surface area contributed by atoms with Crippen LogP contribution in [0.4, 0.5) is 0 Å². The number of hydrogen-bond donors (Lipinski definition) is 1. The molecule has 2 saturated heterocycles. The zero-order valence-electron chi connectivity index (χ0n) is 7.00. The van der Waals surface area contributed by atoms with Crippen molar-refractivity contribution in [2.75, 3.05) is 0 Å². The molecule has 3 atom stereocenters. The number of rotatable bonds is 1. The normalized spacial score (nSPS) is 45.1. The Balaban J connectivity index is 2.13. The van der Waals surface area contributed by atoms with Crippen molar-refractivity contribution in [3.8, 4) is 0 Å². The Morgan fingerprint density at radius 2 is 2.27 bits per heavy atom. The molecule has 3 nitrogen and oxygen atoms in total. The van der Waals surface area contributed by atoms with Crippen LogP contribution in [0.5, 0.6) is 0 Å². The van der Waals surface area contributed by atoms with Gasteiger partial charge in [0.15, 0.2) is 0 Å². The third kappa shape index (κ3) is 0.805. The second-order valence-corrected chi connectivity index (χ2v) is 4.17. The molecule has 0 aromatic carbocycles. The Morgan fingerprint density at radius 1 is 1.64 bits per heavy atom. The number of piperidine rings is 1. The fourth-order valence-electron chi connectivity index (χ4n) is 2.36. The van der Waals surface area contributed by atoms with Gasteiger partial charge in [-0.3, -0.25) is 9.69 Å². The van der Waals surface area contributed by atoms with Crippen molar-refractivity contribution in [1.82, 2.24) is 4.90 Å². The lowest BCUT2D eigenvalue weighted by molar-refractivity contribution is -0.118. The number of nitrogens with zero attached hydrogens (tertiary/aromatic N) is 1. The van der Waals surface area contributed by atoms with Gasteiger partial charge in [0.1, 0.15) is 6.04 Å². The molecular formula is C8H14N2O. The van der Waals surface area contributed by atoms with Crippen LogP contribution >= 0.6 is 0 Å². The molecule has 2 aliphatic rings. The second-order valence-electron chi connectivity index (χ2n) is 4.17. The maximum Gasteiger partial charge on any atom is 0.236 e. The lowest BCUT2D eigenvalue weighted by Gasteiger charge is -2.22. The van der Waals surface area contributed by atoms with Gasteiger partial charge in [-0.15, -0.1) is 0 Å². The predicted octanol–water partition coefficient (Wildman–Crippen LogP) is 0.0969. The van der Waals surface area contributed by atoms with Crippen LogP contribution < -0.4 is 5.73 Å². The van der Waals surface area contributed by atoms with Crippen LogP contribution in [0.25, 0.3) is 0 Å². The van der Waals surface area contributed by atoms with E-state index in [1.54, 1.807) is 0 Å². The molecule has 2 N–H and O–H groups in total. The summed E-state index contributed by atoms with van der Waals surface area (Å²) in [6, 6.07) is 0.529. The minimum Gasteiger partial charge on any atom is -0.368 e. The van der Waals surface area contributed by atoms with E-state index < -0.39 is 0 Å². The summed E-state index contributed by atoms with van der Waals surface area (Å²) in [5.41, 5.74) is 5.44. The molecule has 2 aliphatic heterocycles. The number of primary amides is 1. The van der Waals surface area contributed by atoms with Crippen LogP contribution in [0.15, 0.2) is 0 Å². The molecule has 0 aliphatic carbocycles. The van der Waals surface area contributed by atoms with Gasteiger partial charge in [-0.2, -0.15) is 0 Å². The lowest BCUT2D eigenvalue weighted by atomic mass is 9.99. The van der Waals surface area contributed by atoms with Gasteiger partial charge < -0.3 is 5.73 Å². The zero-order chi connectivity index (χ0) is 8.22. The van der Waals surface area contributed by atoms with E-state index in [-0.39, 0.29) is 17.5 Å². The van der Waals surface area contributed by atoms with Gasteiger partial charge in [0.25, 0.3) is 0 Å². The van der Waals surface area contributed by atoms with E-state index in [2.05, 4.69) is 18.7 Å². The van der Waals surface area contributed by atoms with Crippen LogP contribution in [0, 0.1) is 0 Å². The van der Waals surface area contributed by atoms with Crippen molar-refractivity contribution in [2.24, 2.45) is 5.73 Å². The number of nitrogens with two attached hydrogens (primary N) is 1. The molecule has 2 heterocycles. The second kappa shape index (κ2) is 1.78. The van der Waals surface area contributed by atoms with Gasteiger partial charge in [-0.1, -0.05) is 0 Å². The molecule has 2 rings (SSSR count). The Labute approximate surface area is 66.5 Å². The first-order valence-corrected chi connectivity index (χ1v) is 4.12. The summed E-state index contributed by atoms with van der Waals surface area (Å²) in [5, 5.41) is 0. The van der Waals surface area contributed by atoms with Gasteiger partial charge in [-0.25, -0.2) is 0 Å². The van der Waals surface area contributed by atoms with Crippen molar-refractivity contribution in [3.05, 3.63) is 0 Å². The van der Waals surface area contributed by atoms with E-state index in [1.165, 1.54) is 6.42 Å². The maximum atomic E-state index is 10.8. The molecule has 62 valence electrons. The quantitative estimate of drug-likeness (QED) is 0.544. The number of amides is 1. The molecule has 0 bridgehead atoms. The summed E-state index contributed by atoms with van der Waals surface area (Å²) in [4.78, 5) is 13.1. The van der Waals surface area contributed by atoms with Crippen molar-refractivity contribution in [1.29, 1.82) is 0 Å². The third-order valence-corrected chi connectivity index (χ3v) is 2.97. The number of carbonyl (C=O) groups is 1. The number of carbonyl (C=O) groups excluding carboxylic acids is 1. The molecule has 3 heteroatoms. The van der Waals surface area contributed by atoms with Gasteiger partial charge in [0, 0.05) is 11.6 Å². The van der Waals surface area contributed by atoms with Crippen LogP contribution in [-0.2, 0) is 4.79 Å². The monoisotopic (exact) mass is 154 g/mol. The Kier molecular flexibility index (Phi) is 1.15. The molecule has 11 heavy (non-hydrogen) atoms. The van der Waals surface area contributed by atoms with Crippen molar-refractivity contribution in [2.45, 2.75) is 44.3 Å². The fourth-order valence-corrected chi connectivity index (χ4v) is 2.36. The highest BCUT2D eigenvalue weighted by molar-refractivity contribution is 5.84. The van der Waals surface area contributed by atoms with Crippen LogP contribution in [0.2, 0.25) is 0 Å². The Hall–Kier alpha value is -0.570. The Bertz CT molecular complexity index is 212. The maximum absolute atomic E-state index is 10.8. The highest BCUT2D eigenvalue weighted by Crippen LogP contribution is 2.48. The fraction of sp³-hybridized carbons (Fsp3) is 0.875. The lowest BCUT2D eigenvalue weighted by Crippen LogP contribution is -2.34. The molecule has 0 aromatic heterocycles. The average molecular weight is 154 g/mol. The number of hydrogen-bond acceptors (Lipinski definition) is 2. The summed E-state index contributed by atoms with van der Waals surface area (Å²) in [5.74, 6) is -0.150. The van der Waals surface area contributed by atoms with Gasteiger partial charge in [-0.05, 0) is 26.7 Å². The first-order chi connectivity index (χ1) is 5.04. The van der Waals surface area contributed by atoms with Crippen molar-refractivity contribution in [3.63, 3.8) is 0 Å². The van der Waals surface area contributed by atoms with E-state index in [9.17, 15) is 4.79 Å². The molecule has 0 saturated carbocycles. The minimum atomic E-state index is -0.150. The van der Waals surface area contributed by atoms with E-state index in [0.717, 1.165) is 6.42 Å². The smallest absolute Gasteiger partial charge is 0.236 e. The van der Waals surface area contributed by atoms with Crippen molar-refractivity contribution < 1.29 is 4.79 Å². The molecule has 2 fully saturated rings. The number of fused-ring (bicyclic) bond motifs is 1. The topological polar surface area (TPSA) is 46.1 Å². The summed E-state index contributed by atoms with van der Waals surface area (Å²) in [6.07, 6.45) is 2.34. The standard InChI is InChI=1S/C8H14N2O/c1-8(2)4-3-5-6(7(9)11)10(5)8/h5-6H,3-4H2,1-2H3,(H2,9,11)/t5-,6+,10?/m0/s1. The molecule has 1 unspecified atom stereocenters. The van der Waals surface area contributed by atoms with Crippen LogP contribution in [-0.4, -0.2) is 28.4 Å². The average Bonchev–Trinajstić information content (AvgIpc) is 2.51. The van der Waals surface area contributed by atoms with E-state index in [4.69, 9.17) is 5.73 Å². The van der Waals surface area contributed by atoms with E-state index in [1.807, 2.05) is 0 Å². The van der Waals surface area contributed by atoms with Crippen molar-refractivity contribution >= 4 is 5.91 Å². The van der Waals surface area contributed by atoms with Crippen LogP contribution in [0.1, 0.15) is 26.7 Å². The molecule has 1 amide bonds. The van der Waals surface area contributed by atoms with Crippen LogP contribution in [0.3, 0.4) is 0 Å². The van der Waals surface area contributed by atoms with E-state index in [0.29, 0.717) is 6.04 Å².